The Kier molecular flexibility index (Phi) is 3.14. The standard InChI is InChI=1S/C19H32O3/c1-16-6-4-15-18(3)9-13(21)8-17(2,11-20)14(18)5-7-19(15,10-16)22-12-16/h13-15,20-21H,4-12H2,1-3H3/t13-,14-,15+,16+,17+,18-,19+/m1/s1. The van der Waals surface area contributed by atoms with Gasteiger partial charge in [0.25, 0.3) is 0 Å². The zero-order valence-corrected chi connectivity index (χ0v) is 14.4. The smallest absolute Gasteiger partial charge is 0.0722 e. The van der Waals surface area contributed by atoms with Gasteiger partial charge >= 0.3 is 0 Å². The fourth-order valence-electron chi connectivity index (χ4n) is 7.37. The van der Waals surface area contributed by atoms with Crippen LogP contribution in [-0.4, -0.2) is 35.1 Å². The van der Waals surface area contributed by atoms with E-state index in [-0.39, 0.29) is 29.1 Å². The summed E-state index contributed by atoms with van der Waals surface area (Å²) in [6.45, 7) is 8.09. The van der Waals surface area contributed by atoms with E-state index in [4.69, 9.17) is 4.74 Å². The molecule has 1 heterocycles. The normalized spacial score (nSPS) is 60.7. The van der Waals surface area contributed by atoms with Gasteiger partial charge in [0.1, 0.15) is 0 Å². The van der Waals surface area contributed by atoms with Gasteiger partial charge in [-0.1, -0.05) is 20.8 Å². The summed E-state index contributed by atoms with van der Waals surface area (Å²) in [5.41, 5.74) is 0.422. The van der Waals surface area contributed by atoms with Crippen molar-refractivity contribution < 1.29 is 14.9 Å². The van der Waals surface area contributed by atoms with Gasteiger partial charge in [0.05, 0.1) is 18.3 Å². The molecule has 22 heavy (non-hydrogen) atoms. The van der Waals surface area contributed by atoms with Crippen LogP contribution in [-0.2, 0) is 4.74 Å². The molecule has 0 aromatic heterocycles. The monoisotopic (exact) mass is 308 g/mol. The summed E-state index contributed by atoms with van der Waals surface area (Å²) in [5.74, 6) is 1.06. The lowest BCUT2D eigenvalue weighted by molar-refractivity contribution is -0.210. The van der Waals surface area contributed by atoms with E-state index in [2.05, 4.69) is 20.8 Å². The zero-order chi connectivity index (χ0) is 15.8. The minimum Gasteiger partial charge on any atom is -0.396 e. The maximum atomic E-state index is 10.5. The van der Waals surface area contributed by atoms with Crippen molar-refractivity contribution in [3.05, 3.63) is 0 Å². The third kappa shape index (κ3) is 1.85. The number of fused-ring (bicyclic) bond motifs is 3. The predicted molar refractivity (Wildman–Crippen MR) is 85.4 cm³/mol. The summed E-state index contributed by atoms with van der Waals surface area (Å²) in [4.78, 5) is 0. The molecule has 4 fully saturated rings. The van der Waals surface area contributed by atoms with Gasteiger partial charge in [-0.05, 0) is 73.0 Å². The molecule has 3 heteroatoms. The second-order valence-corrected chi connectivity index (χ2v) is 9.90. The fraction of sp³-hybridized carbons (Fsp3) is 1.00. The summed E-state index contributed by atoms with van der Waals surface area (Å²) in [6.07, 6.45) is 7.36. The number of ether oxygens (including phenoxy) is 1. The Hall–Kier alpha value is -0.120. The third-order valence-electron chi connectivity index (χ3n) is 8.13. The second-order valence-electron chi connectivity index (χ2n) is 9.90. The molecule has 4 aliphatic rings. The molecule has 1 aliphatic heterocycles. The molecule has 0 aromatic rings. The van der Waals surface area contributed by atoms with E-state index in [9.17, 15) is 10.2 Å². The van der Waals surface area contributed by atoms with Crippen molar-refractivity contribution in [1.82, 2.24) is 0 Å². The maximum Gasteiger partial charge on any atom is 0.0722 e. The Balaban J connectivity index is 1.74. The first-order valence-corrected chi connectivity index (χ1v) is 9.18. The maximum absolute atomic E-state index is 10.5. The van der Waals surface area contributed by atoms with E-state index >= 15 is 0 Å². The van der Waals surface area contributed by atoms with Crippen LogP contribution < -0.4 is 0 Å². The Labute approximate surface area is 134 Å². The molecule has 0 amide bonds. The van der Waals surface area contributed by atoms with E-state index in [0.717, 1.165) is 32.3 Å². The highest BCUT2D eigenvalue weighted by molar-refractivity contribution is 5.16. The lowest BCUT2D eigenvalue weighted by Gasteiger charge is -2.64. The quantitative estimate of drug-likeness (QED) is 0.782. The van der Waals surface area contributed by atoms with Crippen molar-refractivity contribution in [2.45, 2.75) is 77.4 Å². The second kappa shape index (κ2) is 4.49. The molecular weight excluding hydrogens is 276 g/mol. The highest BCUT2D eigenvalue weighted by atomic mass is 16.5. The van der Waals surface area contributed by atoms with Gasteiger partial charge < -0.3 is 14.9 Å². The van der Waals surface area contributed by atoms with Crippen molar-refractivity contribution in [3.63, 3.8) is 0 Å². The highest BCUT2D eigenvalue weighted by Crippen LogP contribution is 2.69. The lowest BCUT2D eigenvalue weighted by atomic mass is 9.42. The SMILES string of the molecule is C[C@]12CC[C@@H]3[C@](CC[C@@H]4[C@](C)(CO)C[C@@H](O)C[C@]43C)(C1)OC2. The van der Waals surface area contributed by atoms with Gasteiger partial charge in [0, 0.05) is 6.61 Å². The van der Waals surface area contributed by atoms with Crippen LogP contribution in [0.25, 0.3) is 0 Å². The predicted octanol–water partition coefficient (Wildman–Crippen LogP) is 3.13. The van der Waals surface area contributed by atoms with Crippen molar-refractivity contribution in [2.75, 3.05) is 13.2 Å². The van der Waals surface area contributed by atoms with Crippen molar-refractivity contribution >= 4 is 0 Å². The van der Waals surface area contributed by atoms with E-state index in [1.807, 2.05) is 0 Å². The first-order valence-electron chi connectivity index (χ1n) is 9.18. The molecule has 7 atom stereocenters. The molecule has 3 nitrogen and oxygen atoms in total. The minimum atomic E-state index is -0.275. The van der Waals surface area contributed by atoms with Crippen molar-refractivity contribution in [3.8, 4) is 0 Å². The molecule has 0 aromatic carbocycles. The third-order valence-corrected chi connectivity index (χ3v) is 8.13. The summed E-state index contributed by atoms with van der Waals surface area (Å²) in [7, 11) is 0. The van der Waals surface area contributed by atoms with Gasteiger partial charge in [-0.25, -0.2) is 0 Å². The van der Waals surface area contributed by atoms with E-state index in [0.29, 0.717) is 17.3 Å². The Morgan fingerprint density at radius 1 is 1.05 bits per heavy atom. The number of hydrogen-bond donors (Lipinski definition) is 2. The molecule has 126 valence electrons. The fourth-order valence-corrected chi connectivity index (χ4v) is 7.37. The van der Waals surface area contributed by atoms with Crippen LogP contribution in [0.2, 0.25) is 0 Å². The van der Waals surface area contributed by atoms with E-state index in [1.54, 1.807) is 0 Å². The molecular formula is C19H32O3. The minimum absolute atomic E-state index is 0.0612. The average molecular weight is 308 g/mol. The number of rotatable bonds is 1. The van der Waals surface area contributed by atoms with Crippen molar-refractivity contribution in [2.24, 2.45) is 28.1 Å². The summed E-state index contributed by atoms with van der Waals surface area (Å²) in [5, 5.41) is 20.6. The van der Waals surface area contributed by atoms with Crippen LogP contribution in [0, 0.1) is 28.1 Å². The number of aliphatic hydroxyl groups is 2. The topological polar surface area (TPSA) is 49.7 Å². The van der Waals surface area contributed by atoms with Crippen LogP contribution in [0.5, 0.6) is 0 Å². The first-order chi connectivity index (χ1) is 10.3. The van der Waals surface area contributed by atoms with Gasteiger partial charge in [0.15, 0.2) is 0 Å². The summed E-state index contributed by atoms with van der Waals surface area (Å²) >= 11 is 0. The molecule has 0 unspecified atom stereocenters. The first kappa shape index (κ1) is 15.4. The van der Waals surface area contributed by atoms with Crippen LogP contribution in [0.15, 0.2) is 0 Å². The summed E-state index contributed by atoms with van der Waals surface area (Å²) in [6, 6.07) is 0. The van der Waals surface area contributed by atoms with Crippen LogP contribution >= 0.6 is 0 Å². The van der Waals surface area contributed by atoms with E-state index < -0.39 is 0 Å². The largest absolute Gasteiger partial charge is 0.396 e. The van der Waals surface area contributed by atoms with Crippen molar-refractivity contribution in [1.29, 1.82) is 0 Å². The van der Waals surface area contributed by atoms with Crippen LogP contribution in [0.1, 0.15) is 65.7 Å². The Bertz CT molecular complexity index is 479. The van der Waals surface area contributed by atoms with E-state index in [1.165, 1.54) is 19.3 Å². The highest BCUT2D eigenvalue weighted by Gasteiger charge is 2.66. The molecule has 3 aliphatic carbocycles. The Morgan fingerprint density at radius 3 is 2.50 bits per heavy atom. The van der Waals surface area contributed by atoms with Crippen LogP contribution in [0.4, 0.5) is 0 Å². The zero-order valence-electron chi connectivity index (χ0n) is 14.4. The molecule has 1 saturated heterocycles. The molecule has 0 radical (unpaired) electrons. The van der Waals surface area contributed by atoms with Gasteiger partial charge in [-0.3, -0.25) is 0 Å². The number of hydrogen-bond acceptors (Lipinski definition) is 3. The molecule has 1 spiro atoms. The van der Waals surface area contributed by atoms with Gasteiger partial charge in [-0.2, -0.15) is 0 Å². The Morgan fingerprint density at radius 2 is 1.77 bits per heavy atom. The molecule has 3 saturated carbocycles. The lowest BCUT2D eigenvalue weighted by Crippen LogP contribution is -2.62. The van der Waals surface area contributed by atoms with Crippen LogP contribution in [0.3, 0.4) is 0 Å². The van der Waals surface area contributed by atoms with Gasteiger partial charge in [0.2, 0.25) is 0 Å². The number of aliphatic hydroxyl groups excluding tert-OH is 2. The molecule has 2 bridgehead atoms. The van der Waals surface area contributed by atoms with Gasteiger partial charge in [-0.15, -0.1) is 0 Å². The molecule has 2 N–H and O–H groups in total. The average Bonchev–Trinajstić information content (AvgIpc) is 2.68. The summed E-state index contributed by atoms with van der Waals surface area (Å²) < 4.78 is 6.48. The molecule has 4 rings (SSSR count).